The largest absolute Gasteiger partial charge is 0.372 e. The van der Waals surface area contributed by atoms with E-state index in [0.717, 1.165) is 5.69 Å². The highest BCUT2D eigenvalue weighted by atomic mass is 32.2. The highest BCUT2D eigenvalue weighted by molar-refractivity contribution is 7.94. The van der Waals surface area contributed by atoms with Crippen LogP contribution >= 0.6 is 0 Å². The number of hydrogen-bond donors (Lipinski definition) is 2. The van der Waals surface area contributed by atoms with Crippen LogP contribution in [-0.2, 0) is 14.8 Å². The van der Waals surface area contributed by atoms with Gasteiger partial charge < -0.3 is 15.0 Å². The highest BCUT2D eigenvalue weighted by Gasteiger charge is 2.29. The molecule has 9 heteroatoms. The van der Waals surface area contributed by atoms with Gasteiger partial charge in [-0.05, 0) is 77.9 Å². The molecule has 2 aromatic carbocycles. The Kier molecular flexibility index (Phi) is 7.04. The van der Waals surface area contributed by atoms with E-state index in [0.29, 0.717) is 24.3 Å². The predicted molar refractivity (Wildman–Crippen MR) is 130 cm³/mol. The minimum absolute atomic E-state index is 0.0476. The number of nitrogens with zero attached hydrogens (tertiary/aromatic N) is 1. The average molecular weight is 478 g/mol. The van der Waals surface area contributed by atoms with Gasteiger partial charge in [0, 0.05) is 35.6 Å². The van der Waals surface area contributed by atoms with Crippen molar-refractivity contribution in [2.45, 2.75) is 58.5 Å². The Balaban J connectivity index is 1.73. The summed E-state index contributed by atoms with van der Waals surface area (Å²) in [5, 5.41) is 2.61. The number of hydrogen-bond acceptors (Lipinski definition) is 5. The van der Waals surface area contributed by atoms with Crippen molar-refractivity contribution >= 4 is 33.0 Å². The third-order valence-corrected chi connectivity index (χ3v) is 7.69. The van der Waals surface area contributed by atoms with Crippen molar-refractivity contribution in [1.82, 2.24) is 0 Å². The topological polar surface area (TPSA) is 87.7 Å². The normalized spacial score (nSPS) is 19.3. The van der Waals surface area contributed by atoms with E-state index >= 15 is 4.39 Å². The van der Waals surface area contributed by atoms with E-state index in [2.05, 4.69) is 14.9 Å². The molecular weight excluding hydrogens is 445 g/mol. The lowest BCUT2D eigenvalue weighted by atomic mass is 10.1. The molecule has 2 N–H and O–H groups in total. The molecule has 3 rings (SSSR count). The summed E-state index contributed by atoms with van der Waals surface area (Å²) in [7, 11) is -3.58. The van der Waals surface area contributed by atoms with E-state index in [-0.39, 0.29) is 23.5 Å². The number of sulfonamides is 1. The third-order valence-electron chi connectivity index (χ3n) is 5.57. The first kappa shape index (κ1) is 25.0. The van der Waals surface area contributed by atoms with Crippen molar-refractivity contribution in [1.29, 1.82) is 0 Å². The van der Waals surface area contributed by atoms with Gasteiger partial charge in [0.15, 0.2) is 5.82 Å². The summed E-state index contributed by atoms with van der Waals surface area (Å²) in [4.78, 5) is 14.8. The summed E-state index contributed by atoms with van der Waals surface area (Å²) in [6.45, 7) is 11.8. The lowest BCUT2D eigenvalue weighted by molar-refractivity contribution is -0.00526. The Morgan fingerprint density at radius 2 is 1.64 bits per heavy atom. The van der Waals surface area contributed by atoms with Gasteiger partial charge in [-0.1, -0.05) is 0 Å². The summed E-state index contributed by atoms with van der Waals surface area (Å²) < 4.78 is 47.0. The molecule has 33 heavy (non-hydrogen) atoms. The maximum atomic E-state index is 15.1. The van der Waals surface area contributed by atoms with Crippen molar-refractivity contribution in [3.8, 4) is 0 Å². The van der Waals surface area contributed by atoms with E-state index in [1.54, 1.807) is 33.8 Å². The molecule has 1 saturated heterocycles. The number of anilines is 3. The fourth-order valence-corrected chi connectivity index (χ4v) is 4.43. The maximum Gasteiger partial charge on any atom is 0.255 e. The second-order valence-corrected chi connectivity index (χ2v) is 11.9. The smallest absolute Gasteiger partial charge is 0.255 e. The number of nitrogens with one attached hydrogen (secondary N) is 2. The Morgan fingerprint density at radius 3 is 2.18 bits per heavy atom. The van der Waals surface area contributed by atoms with Gasteiger partial charge >= 0.3 is 0 Å². The Labute approximate surface area is 195 Å². The predicted octanol–water partition coefficient (Wildman–Crippen LogP) is 4.54. The van der Waals surface area contributed by atoms with Crippen LogP contribution < -0.4 is 14.9 Å². The number of halogens is 1. The summed E-state index contributed by atoms with van der Waals surface area (Å²) in [5.74, 6) is -0.970. The zero-order valence-electron chi connectivity index (χ0n) is 19.9. The van der Waals surface area contributed by atoms with Gasteiger partial charge in [0.25, 0.3) is 5.91 Å². The van der Waals surface area contributed by atoms with Crippen LogP contribution in [0.1, 0.15) is 50.5 Å². The van der Waals surface area contributed by atoms with Gasteiger partial charge in [0.05, 0.1) is 22.6 Å². The van der Waals surface area contributed by atoms with Crippen LogP contribution in [0, 0.1) is 12.7 Å². The molecule has 2 unspecified atom stereocenters. The van der Waals surface area contributed by atoms with Gasteiger partial charge in [0.1, 0.15) is 0 Å². The molecule has 180 valence electrons. The first-order valence-corrected chi connectivity index (χ1v) is 12.4. The molecule has 1 fully saturated rings. The molecule has 0 radical (unpaired) electrons. The summed E-state index contributed by atoms with van der Waals surface area (Å²) in [6, 6.07) is 9.36. The standard InChI is InChI=1S/C24H32FN3O4S/c1-15-13-28(14-16(2)32-15)21-12-11-20(22(25)17(21)3)26-23(29)18-7-9-19(10-8-18)27-33(30,31)24(4,5)6/h7-12,15-16,27H,13-14H2,1-6H3,(H,26,29). The maximum absolute atomic E-state index is 15.1. The Hall–Kier alpha value is -2.65. The van der Waals surface area contributed by atoms with Crippen molar-refractivity contribution in [2.24, 2.45) is 0 Å². The summed E-state index contributed by atoms with van der Waals surface area (Å²) in [6.07, 6.45) is 0.0953. The highest BCUT2D eigenvalue weighted by Crippen LogP contribution is 2.30. The van der Waals surface area contributed by atoms with Crippen molar-refractivity contribution in [3.05, 3.63) is 53.3 Å². The van der Waals surface area contributed by atoms with Crippen LogP contribution in [0.2, 0.25) is 0 Å². The lowest BCUT2D eigenvalue weighted by Crippen LogP contribution is -2.45. The van der Waals surface area contributed by atoms with Crippen LogP contribution in [-0.4, -0.2) is 44.4 Å². The molecule has 1 aliphatic rings. The molecule has 2 atom stereocenters. The van der Waals surface area contributed by atoms with E-state index in [9.17, 15) is 13.2 Å². The molecule has 0 spiro atoms. The minimum atomic E-state index is -3.58. The minimum Gasteiger partial charge on any atom is -0.372 e. The Morgan fingerprint density at radius 1 is 1.06 bits per heavy atom. The van der Waals surface area contributed by atoms with E-state index in [1.807, 2.05) is 19.9 Å². The molecule has 2 aromatic rings. The van der Waals surface area contributed by atoms with E-state index in [1.165, 1.54) is 24.3 Å². The second-order valence-electron chi connectivity index (χ2n) is 9.48. The van der Waals surface area contributed by atoms with Gasteiger partial charge in [-0.15, -0.1) is 0 Å². The zero-order chi connectivity index (χ0) is 24.6. The fraction of sp³-hybridized carbons (Fsp3) is 0.458. The number of amides is 1. The van der Waals surface area contributed by atoms with Crippen molar-refractivity contribution in [3.63, 3.8) is 0 Å². The van der Waals surface area contributed by atoms with Crippen molar-refractivity contribution in [2.75, 3.05) is 28.0 Å². The Bertz CT molecular complexity index is 1120. The fourth-order valence-electron chi connectivity index (χ4n) is 3.68. The number of rotatable bonds is 5. The summed E-state index contributed by atoms with van der Waals surface area (Å²) >= 11 is 0. The average Bonchev–Trinajstić information content (AvgIpc) is 2.70. The van der Waals surface area contributed by atoms with Crippen LogP contribution in [0.15, 0.2) is 36.4 Å². The lowest BCUT2D eigenvalue weighted by Gasteiger charge is -2.37. The van der Waals surface area contributed by atoms with Crippen molar-refractivity contribution < 1.29 is 22.3 Å². The van der Waals surface area contributed by atoms with Gasteiger partial charge in [-0.2, -0.15) is 0 Å². The number of ether oxygens (including phenoxy) is 1. The van der Waals surface area contributed by atoms with E-state index in [4.69, 9.17) is 4.74 Å². The number of benzene rings is 2. The molecule has 0 aromatic heterocycles. The summed E-state index contributed by atoms with van der Waals surface area (Å²) in [5.41, 5.74) is 1.96. The molecule has 0 bridgehead atoms. The number of carbonyl (C=O) groups excluding carboxylic acids is 1. The van der Waals surface area contributed by atoms with Gasteiger partial charge in [-0.3, -0.25) is 9.52 Å². The number of morpholine rings is 1. The first-order valence-electron chi connectivity index (χ1n) is 10.9. The molecule has 1 aliphatic heterocycles. The number of carbonyl (C=O) groups is 1. The van der Waals surface area contributed by atoms with Crippen LogP contribution in [0.25, 0.3) is 0 Å². The van der Waals surface area contributed by atoms with Crippen LogP contribution in [0.4, 0.5) is 21.5 Å². The third kappa shape index (κ3) is 5.65. The quantitative estimate of drug-likeness (QED) is 0.660. The van der Waals surface area contributed by atoms with Gasteiger partial charge in [0.2, 0.25) is 10.0 Å². The first-order chi connectivity index (χ1) is 15.3. The molecule has 0 aliphatic carbocycles. The van der Waals surface area contributed by atoms with E-state index < -0.39 is 26.5 Å². The van der Waals surface area contributed by atoms with Crippen LogP contribution in [0.5, 0.6) is 0 Å². The molecule has 1 heterocycles. The zero-order valence-corrected chi connectivity index (χ0v) is 20.7. The SMILES string of the molecule is Cc1c(N2CC(C)OC(C)C2)ccc(NC(=O)c2ccc(NS(=O)(=O)C(C)(C)C)cc2)c1F. The monoisotopic (exact) mass is 477 g/mol. The molecule has 0 saturated carbocycles. The molecular formula is C24H32FN3O4S. The second kappa shape index (κ2) is 9.30. The molecule has 1 amide bonds. The van der Waals surface area contributed by atoms with Gasteiger partial charge in [-0.25, -0.2) is 12.8 Å². The molecule has 7 nitrogen and oxygen atoms in total. The van der Waals surface area contributed by atoms with Crippen LogP contribution in [0.3, 0.4) is 0 Å².